The minimum absolute atomic E-state index is 0.0265. The van der Waals surface area contributed by atoms with Crippen LogP contribution >= 0.6 is 11.6 Å². The van der Waals surface area contributed by atoms with Gasteiger partial charge in [-0.1, -0.05) is 29.8 Å². The fraction of sp³-hybridized carbons (Fsp3) is 0.333. The average molecular weight is 485 g/mol. The van der Waals surface area contributed by atoms with Crippen LogP contribution in [0, 0.1) is 5.92 Å². The molecule has 4 rings (SSSR count). The molecule has 0 saturated carbocycles. The summed E-state index contributed by atoms with van der Waals surface area (Å²) in [5.41, 5.74) is 7.71. The summed E-state index contributed by atoms with van der Waals surface area (Å²) in [7, 11) is 0. The van der Waals surface area contributed by atoms with Gasteiger partial charge < -0.3 is 21.1 Å². The van der Waals surface area contributed by atoms with Gasteiger partial charge in [0.1, 0.15) is 0 Å². The van der Waals surface area contributed by atoms with Crippen LogP contribution < -0.4 is 22.2 Å². The molecule has 5 N–H and O–H groups in total. The van der Waals surface area contributed by atoms with E-state index < -0.39 is 29.0 Å². The first kappa shape index (κ1) is 23.7. The van der Waals surface area contributed by atoms with E-state index in [1.807, 2.05) is 12.1 Å². The molecule has 0 bridgehead atoms. The quantitative estimate of drug-likeness (QED) is 0.361. The van der Waals surface area contributed by atoms with Gasteiger partial charge in [-0.3, -0.25) is 23.7 Å². The zero-order valence-corrected chi connectivity index (χ0v) is 19.1. The van der Waals surface area contributed by atoms with Crippen LogP contribution in [0.5, 0.6) is 0 Å². The van der Waals surface area contributed by atoms with Gasteiger partial charge in [0.2, 0.25) is 5.91 Å². The smallest absolute Gasteiger partial charge is 0.317 e. The molecule has 0 radical (unpaired) electrons. The van der Waals surface area contributed by atoms with Crippen molar-refractivity contribution in [1.29, 1.82) is 0 Å². The molecule has 0 spiro atoms. The number of H-pyrrole nitrogens is 1. The summed E-state index contributed by atoms with van der Waals surface area (Å²) in [6.45, 7) is -0.0265. The Morgan fingerprint density at radius 1 is 1.26 bits per heavy atom. The third-order valence-corrected chi connectivity index (χ3v) is 6.48. The number of aromatic nitrogens is 2. The van der Waals surface area contributed by atoms with Crippen molar-refractivity contribution in [2.45, 2.75) is 38.1 Å². The van der Waals surface area contributed by atoms with Crippen molar-refractivity contribution < 1.29 is 14.7 Å². The lowest BCUT2D eigenvalue weighted by Gasteiger charge is -2.32. The fourth-order valence-corrected chi connectivity index (χ4v) is 4.94. The second kappa shape index (κ2) is 9.82. The molecule has 9 nitrogen and oxygen atoms in total. The molecule has 1 aromatic heterocycles. The molecule has 0 fully saturated rings. The van der Waals surface area contributed by atoms with Gasteiger partial charge in [-0.05, 0) is 55.0 Å². The number of carboxylic acid groups (broad SMARTS) is 1. The number of anilines is 1. The summed E-state index contributed by atoms with van der Waals surface area (Å²) >= 11 is 6.18. The molecule has 1 aliphatic heterocycles. The Bertz CT molecular complexity index is 1380. The van der Waals surface area contributed by atoms with Gasteiger partial charge in [0.15, 0.2) is 0 Å². The van der Waals surface area contributed by atoms with Crippen molar-refractivity contribution >= 4 is 40.2 Å². The van der Waals surface area contributed by atoms with Crippen molar-refractivity contribution in [3.8, 4) is 0 Å². The number of para-hydroxylation sites is 1. The standard InChI is InChI=1S/C24H25ClN4O5/c25-15-10-14-8-9-19(29-21(14)18(11-15)28-23(33)24(29)34)16(12-26)22(32)27-17-6-2-1-4-13(17)5-3-7-20(30)31/h1-2,4,6,10-11,16,19H,3,5,7-9,12,26H2,(H,27,32)(H,28,33)(H,30,31)/t16?,19-/m0/s1. The van der Waals surface area contributed by atoms with E-state index in [1.54, 1.807) is 24.3 Å². The lowest BCUT2D eigenvalue weighted by atomic mass is 9.88. The lowest BCUT2D eigenvalue weighted by molar-refractivity contribution is -0.137. The SMILES string of the molecule is NCC(C(=O)Nc1ccccc1CCCC(=O)O)[C@@H]1CCc2cc(Cl)cc3[nH]c(=O)c(=O)n1c23. The number of hydrogen-bond donors (Lipinski definition) is 4. The Balaban J connectivity index is 1.67. The molecular weight excluding hydrogens is 460 g/mol. The van der Waals surface area contributed by atoms with Crippen molar-refractivity contribution in [2.24, 2.45) is 11.7 Å². The molecule has 0 aliphatic carbocycles. The summed E-state index contributed by atoms with van der Waals surface area (Å²) in [4.78, 5) is 52.0. The number of aryl methyl sites for hydroxylation is 2. The Labute approximate surface area is 199 Å². The van der Waals surface area contributed by atoms with E-state index >= 15 is 0 Å². The normalized spacial score (nSPS) is 15.8. The summed E-state index contributed by atoms with van der Waals surface area (Å²) in [6, 6.07) is 9.93. The minimum atomic E-state index is -0.877. The number of nitrogens with zero attached hydrogens (tertiary/aromatic N) is 1. The largest absolute Gasteiger partial charge is 0.481 e. The Kier molecular flexibility index (Phi) is 6.85. The number of aliphatic carboxylic acids is 1. The fourth-order valence-electron chi connectivity index (χ4n) is 4.70. The van der Waals surface area contributed by atoms with Crippen molar-refractivity contribution in [3.63, 3.8) is 0 Å². The van der Waals surface area contributed by atoms with Gasteiger partial charge in [0.05, 0.1) is 23.0 Å². The molecule has 3 aromatic rings. The van der Waals surface area contributed by atoms with Gasteiger partial charge in [-0.2, -0.15) is 0 Å². The monoisotopic (exact) mass is 484 g/mol. The van der Waals surface area contributed by atoms with Crippen molar-refractivity contribution in [3.05, 3.63) is 73.3 Å². The van der Waals surface area contributed by atoms with E-state index in [0.717, 1.165) is 11.1 Å². The van der Waals surface area contributed by atoms with E-state index in [-0.39, 0.29) is 18.9 Å². The number of rotatable bonds is 8. The molecular formula is C24H25ClN4O5. The van der Waals surface area contributed by atoms with E-state index in [4.69, 9.17) is 22.4 Å². The van der Waals surface area contributed by atoms with E-state index in [2.05, 4.69) is 10.3 Å². The van der Waals surface area contributed by atoms with Crippen molar-refractivity contribution in [1.82, 2.24) is 9.55 Å². The van der Waals surface area contributed by atoms with Crippen molar-refractivity contribution in [2.75, 3.05) is 11.9 Å². The third kappa shape index (κ3) is 4.62. The summed E-state index contributed by atoms with van der Waals surface area (Å²) in [6.07, 6.45) is 1.97. The third-order valence-electron chi connectivity index (χ3n) is 6.26. The van der Waals surface area contributed by atoms with Crippen LogP contribution in [0.4, 0.5) is 5.69 Å². The molecule has 1 amide bonds. The Hall–Kier alpha value is -3.43. The number of halogens is 1. The van der Waals surface area contributed by atoms with Crippen LogP contribution in [-0.4, -0.2) is 33.1 Å². The summed E-state index contributed by atoms with van der Waals surface area (Å²) in [5.74, 6) is -2.01. The van der Waals surface area contributed by atoms with Gasteiger partial charge >= 0.3 is 17.1 Å². The molecule has 1 unspecified atom stereocenters. The van der Waals surface area contributed by atoms with Crippen LogP contribution in [-0.2, 0) is 22.4 Å². The number of aromatic amines is 1. The van der Waals surface area contributed by atoms with Crippen LogP contribution in [0.3, 0.4) is 0 Å². The molecule has 178 valence electrons. The van der Waals surface area contributed by atoms with Gasteiger partial charge in [-0.25, -0.2) is 0 Å². The van der Waals surface area contributed by atoms with Gasteiger partial charge in [-0.15, -0.1) is 0 Å². The van der Waals surface area contributed by atoms with E-state index in [0.29, 0.717) is 47.4 Å². The highest BCUT2D eigenvalue weighted by molar-refractivity contribution is 6.31. The van der Waals surface area contributed by atoms with E-state index in [9.17, 15) is 19.2 Å². The van der Waals surface area contributed by atoms with Crippen LogP contribution in [0.2, 0.25) is 5.02 Å². The molecule has 2 aromatic carbocycles. The molecule has 1 aliphatic rings. The predicted octanol–water partition coefficient (Wildman–Crippen LogP) is 2.45. The number of nitrogens with one attached hydrogen (secondary N) is 2. The highest BCUT2D eigenvalue weighted by Crippen LogP contribution is 2.34. The van der Waals surface area contributed by atoms with Crippen LogP contribution in [0.25, 0.3) is 11.0 Å². The number of amides is 1. The first-order valence-corrected chi connectivity index (χ1v) is 11.5. The highest BCUT2D eigenvalue weighted by atomic mass is 35.5. The number of hydrogen-bond acceptors (Lipinski definition) is 5. The molecule has 0 saturated heterocycles. The van der Waals surface area contributed by atoms with Gasteiger partial charge in [0.25, 0.3) is 0 Å². The molecule has 10 heteroatoms. The van der Waals surface area contributed by atoms with E-state index in [1.165, 1.54) is 4.57 Å². The number of carboxylic acids is 1. The minimum Gasteiger partial charge on any atom is -0.481 e. The maximum Gasteiger partial charge on any atom is 0.317 e. The zero-order chi connectivity index (χ0) is 24.4. The summed E-state index contributed by atoms with van der Waals surface area (Å²) < 4.78 is 1.39. The molecule has 2 atom stereocenters. The predicted molar refractivity (Wildman–Crippen MR) is 129 cm³/mol. The number of carbonyl (C=O) groups is 2. The summed E-state index contributed by atoms with van der Waals surface area (Å²) in [5, 5.41) is 12.3. The topological polar surface area (TPSA) is 147 Å². The first-order chi connectivity index (χ1) is 16.3. The first-order valence-electron chi connectivity index (χ1n) is 11.1. The zero-order valence-electron chi connectivity index (χ0n) is 18.3. The lowest BCUT2D eigenvalue weighted by Crippen LogP contribution is -2.46. The maximum atomic E-state index is 13.4. The molecule has 34 heavy (non-hydrogen) atoms. The maximum absolute atomic E-state index is 13.4. The van der Waals surface area contributed by atoms with Crippen LogP contribution in [0.1, 0.15) is 36.4 Å². The van der Waals surface area contributed by atoms with Crippen LogP contribution in [0.15, 0.2) is 46.0 Å². The Morgan fingerprint density at radius 2 is 2.03 bits per heavy atom. The second-order valence-corrected chi connectivity index (χ2v) is 8.87. The molecule has 2 heterocycles. The Morgan fingerprint density at radius 3 is 2.76 bits per heavy atom. The number of nitrogens with two attached hydrogens (primary N) is 1. The second-order valence-electron chi connectivity index (χ2n) is 8.43. The average Bonchev–Trinajstić information content (AvgIpc) is 2.79. The highest BCUT2D eigenvalue weighted by Gasteiger charge is 2.34. The number of benzene rings is 2. The van der Waals surface area contributed by atoms with Gasteiger partial charge in [0, 0.05) is 23.7 Å². The number of carbonyl (C=O) groups excluding carboxylic acids is 1.